The van der Waals surface area contributed by atoms with Crippen molar-refractivity contribution in [3.8, 4) is 0 Å². The average molecular weight is 602 g/mol. The molecule has 0 aromatic heterocycles. The van der Waals surface area contributed by atoms with Gasteiger partial charge in [-0.15, -0.1) is 0 Å². The number of carbonyl (C=O) groups excluding carboxylic acids is 4. The van der Waals surface area contributed by atoms with Crippen LogP contribution in [0.5, 0.6) is 0 Å². The summed E-state index contributed by atoms with van der Waals surface area (Å²) in [6, 6.07) is 2.72. The monoisotopic (exact) mass is 601 g/mol. The van der Waals surface area contributed by atoms with Gasteiger partial charge in [0.25, 0.3) is 5.91 Å². The van der Waals surface area contributed by atoms with Crippen LogP contribution in [-0.2, 0) is 19.2 Å². The van der Waals surface area contributed by atoms with Crippen molar-refractivity contribution in [1.82, 2.24) is 20.4 Å². The van der Waals surface area contributed by atoms with E-state index < -0.39 is 41.3 Å². The van der Waals surface area contributed by atoms with Gasteiger partial charge in [-0.3, -0.25) is 19.2 Å². The highest BCUT2D eigenvalue weighted by Gasteiger charge is 2.54. The maximum atomic E-state index is 15.5. The Hall–Kier alpha value is -3.08. The lowest BCUT2D eigenvalue weighted by Gasteiger charge is -2.40. The molecule has 4 aliphatic rings. The zero-order valence-electron chi connectivity index (χ0n) is 25.6. The van der Waals surface area contributed by atoms with E-state index in [0.29, 0.717) is 30.5 Å². The van der Waals surface area contributed by atoms with Crippen LogP contribution in [0.4, 0.5) is 14.5 Å². The molecular formula is C32H45F2N5O4. The summed E-state index contributed by atoms with van der Waals surface area (Å²) in [7, 11) is 2.01. The zero-order chi connectivity index (χ0) is 31.1. The van der Waals surface area contributed by atoms with Crippen LogP contribution in [0.15, 0.2) is 18.2 Å². The zero-order valence-corrected chi connectivity index (χ0v) is 25.6. The third-order valence-corrected chi connectivity index (χ3v) is 9.83. The summed E-state index contributed by atoms with van der Waals surface area (Å²) in [4.78, 5) is 56.1. The van der Waals surface area contributed by atoms with Crippen molar-refractivity contribution in [2.45, 2.75) is 95.4 Å². The minimum absolute atomic E-state index is 0.0553. The van der Waals surface area contributed by atoms with Crippen LogP contribution >= 0.6 is 0 Å². The van der Waals surface area contributed by atoms with Gasteiger partial charge in [-0.05, 0) is 87.9 Å². The summed E-state index contributed by atoms with van der Waals surface area (Å²) in [5, 5.41) is 8.18. The van der Waals surface area contributed by atoms with Gasteiger partial charge in [0.15, 0.2) is 5.67 Å². The first-order valence-corrected chi connectivity index (χ1v) is 15.8. The van der Waals surface area contributed by atoms with Crippen LogP contribution in [0.1, 0.15) is 77.2 Å². The van der Waals surface area contributed by atoms with Crippen molar-refractivity contribution < 1.29 is 28.0 Å². The Morgan fingerprint density at radius 1 is 1.02 bits per heavy atom. The Labute approximate surface area is 252 Å². The number of carbonyl (C=O) groups is 4. The average Bonchev–Trinajstić information content (AvgIpc) is 3.83. The van der Waals surface area contributed by atoms with E-state index in [1.165, 1.54) is 12.1 Å². The van der Waals surface area contributed by atoms with Gasteiger partial charge in [0.2, 0.25) is 17.7 Å². The minimum atomic E-state index is -1.91. The van der Waals surface area contributed by atoms with Gasteiger partial charge in [-0.1, -0.05) is 19.9 Å². The Bertz CT molecular complexity index is 1240. The molecule has 1 aromatic rings. The van der Waals surface area contributed by atoms with Crippen molar-refractivity contribution >= 4 is 29.3 Å². The summed E-state index contributed by atoms with van der Waals surface area (Å²) in [5.41, 5.74) is -1.47. The van der Waals surface area contributed by atoms with Crippen LogP contribution in [0, 0.1) is 23.6 Å². The highest BCUT2D eigenvalue weighted by atomic mass is 19.1. The summed E-state index contributed by atoms with van der Waals surface area (Å²) in [6.07, 6.45) is 4.35. The predicted octanol–water partition coefficient (Wildman–Crippen LogP) is 3.35. The molecule has 5 rings (SSSR count). The number of halogens is 2. The van der Waals surface area contributed by atoms with E-state index in [2.05, 4.69) is 20.9 Å². The summed E-state index contributed by atoms with van der Waals surface area (Å²) in [6.45, 7) is 7.31. The predicted molar refractivity (Wildman–Crippen MR) is 158 cm³/mol. The van der Waals surface area contributed by atoms with Gasteiger partial charge in [0, 0.05) is 38.0 Å². The number of hydrogen-bond donors (Lipinski definition) is 3. The highest BCUT2D eigenvalue weighted by Crippen LogP contribution is 2.51. The summed E-state index contributed by atoms with van der Waals surface area (Å²) < 4.78 is 30.1. The number of amides is 4. The molecule has 3 saturated carbocycles. The van der Waals surface area contributed by atoms with E-state index in [1.54, 1.807) is 24.8 Å². The molecular weight excluding hydrogens is 556 g/mol. The molecule has 0 bridgehead atoms. The fourth-order valence-electron chi connectivity index (χ4n) is 6.28. The van der Waals surface area contributed by atoms with E-state index in [1.807, 2.05) is 14.0 Å². The van der Waals surface area contributed by atoms with E-state index >= 15 is 4.39 Å². The molecule has 43 heavy (non-hydrogen) atoms. The third kappa shape index (κ3) is 7.19. The Morgan fingerprint density at radius 3 is 2.21 bits per heavy atom. The molecule has 1 aliphatic heterocycles. The number of alkyl halides is 1. The Kier molecular flexibility index (Phi) is 9.11. The van der Waals surface area contributed by atoms with Crippen molar-refractivity contribution in [2.75, 3.05) is 32.0 Å². The topological polar surface area (TPSA) is 111 Å². The molecule has 4 amide bonds. The number of piperazine rings is 1. The molecule has 9 nitrogen and oxygen atoms in total. The van der Waals surface area contributed by atoms with Crippen LogP contribution in [0.3, 0.4) is 0 Å². The fraction of sp³-hybridized carbons (Fsp3) is 0.688. The van der Waals surface area contributed by atoms with Crippen molar-refractivity contribution in [2.24, 2.45) is 17.8 Å². The van der Waals surface area contributed by atoms with E-state index in [-0.39, 0.29) is 48.7 Å². The quantitative estimate of drug-likeness (QED) is 0.341. The van der Waals surface area contributed by atoms with E-state index in [4.69, 9.17) is 0 Å². The maximum absolute atomic E-state index is 15.5. The minimum Gasteiger partial charge on any atom is -0.344 e. The second kappa shape index (κ2) is 12.5. The summed E-state index contributed by atoms with van der Waals surface area (Å²) >= 11 is 0. The highest BCUT2D eigenvalue weighted by molar-refractivity contribution is 5.99. The smallest absolute Gasteiger partial charge is 0.258 e. The molecule has 0 radical (unpaired) electrons. The van der Waals surface area contributed by atoms with Crippen molar-refractivity contribution in [1.29, 1.82) is 0 Å². The standard InChI is InChI=1S/C32H45F2N5O4/c1-5-25(40)36-27(30(42)39-15-14-38(4)18(2)17-39)19(3)22-10-11-24(23(33)16-22)35-29(41)28(37-31(43)32(34)12-13-32)26(20-6-7-20)21-8-9-21/h10-11,16,18-21,26-28H,5-9,12-15,17H2,1-4H3,(H,35,41)(H,36,40)(H,37,43)/t18-,19+,27-,28+/m1/s1. The van der Waals surface area contributed by atoms with Gasteiger partial charge in [0.05, 0.1) is 5.69 Å². The number of nitrogens with zero attached hydrogens (tertiary/aromatic N) is 2. The first kappa shape index (κ1) is 31.3. The first-order chi connectivity index (χ1) is 20.4. The summed E-state index contributed by atoms with van der Waals surface area (Å²) in [5.74, 6) is -2.54. The number of rotatable bonds is 12. The molecule has 236 valence electrons. The second-order valence-corrected chi connectivity index (χ2v) is 13.2. The van der Waals surface area contributed by atoms with Gasteiger partial charge in [-0.2, -0.15) is 0 Å². The number of hydrogen-bond acceptors (Lipinski definition) is 5. The van der Waals surface area contributed by atoms with Gasteiger partial charge in [-0.25, -0.2) is 8.78 Å². The molecule has 4 atom stereocenters. The van der Waals surface area contributed by atoms with Crippen LogP contribution in [0.2, 0.25) is 0 Å². The van der Waals surface area contributed by atoms with E-state index in [9.17, 15) is 23.6 Å². The normalized spacial score (nSPS) is 23.7. The number of anilines is 1. The van der Waals surface area contributed by atoms with E-state index in [0.717, 1.165) is 32.2 Å². The maximum Gasteiger partial charge on any atom is 0.258 e. The lowest BCUT2D eigenvalue weighted by atomic mass is 9.88. The van der Waals surface area contributed by atoms with Gasteiger partial charge >= 0.3 is 0 Å². The molecule has 1 heterocycles. The van der Waals surface area contributed by atoms with Crippen molar-refractivity contribution in [3.05, 3.63) is 29.6 Å². The SMILES string of the molecule is CCC(=O)N[C@@H](C(=O)N1CCN(C)[C@H](C)C1)[C@@H](C)c1ccc(NC(=O)[C@@H](NC(=O)C2(F)CC2)C(C2CC2)C2CC2)c(F)c1. The molecule has 11 heteroatoms. The molecule has 4 fully saturated rings. The first-order valence-electron chi connectivity index (χ1n) is 15.8. The Balaban J connectivity index is 1.32. The fourth-order valence-corrected chi connectivity index (χ4v) is 6.28. The lowest BCUT2D eigenvalue weighted by Crippen LogP contribution is -2.58. The second-order valence-electron chi connectivity index (χ2n) is 13.2. The molecule has 3 aliphatic carbocycles. The number of benzene rings is 1. The van der Waals surface area contributed by atoms with Crippen LogP contribution in [0.25, 0.3) is 0 Å². The molecule has 0 unspecified atom stereocenters. The number of nitrogens with one attached hydrogen (secondary N) is 3. The van der Waals surface area contributed by atoms with Crippen molar-refractivity contribution in [3.63, 3.8) is 0 Å². The lowest BCUT2D eigenvalue weighted by molar-refractivity contribution is -0.139. The van der Waals surface area contributed by atoms with Gasteiger partial charge in [0.1, 0.15) is 17.9 Å². The largest absolute Gasteiger partial charge is 0.344 e. The van der Waals surface area contributed by atoms with Crippen LogP contribution in [-0.4, -0.2) is 83.9 Å². The molecule has 1 aromatic carbocycles. The van der Waals surface area contributed by atoms with Crippen LogP contribution < -0.4 is 16.0 Å². The molecule has 0 spiro atoms. The molecule has 1 saturated heterocycles. The third-order valence-electron chi connectivity index (χ3n) is 9.83. The number of likely N-dealkylation sites (N-methyl/N-ethyl adjacent to an activating group) is 1. The molecule has 3 N–H and O–H groups in total. The van der Waals surface area contributed by atoms with Gasteiger partial charge < -0.3 is 25.8 Å². The Morgan fingerprint density at radius 2 is 1.67 bits per heavy atom.